The van der Waals surface area contributed by atoms with E-state index in [1.54, 1.807) is 11.1 Å². The van der Waals surface area contributed by atoms with Crippen LogP contribution in [0.25, 0.3) is 27.3 Å². The normalized spacial score (nSPS) is 16.5. The van der Waals surface area contributed by atoms with E-state index in [9.17, 15) is 28.7 Å². The average molecular weight is 950 g/mol. The largest absolute Gasteiger partial charge is 0.494 e. The minimum Gasteiger partial charge on any atom is -0.494 e. The van der Waals surface area contributed by atoms with Crippen LogP contribution in [0, 0.1) is 17.8 Å². The van der Waals surface area contributed by atoms with E-state index in [1.807, 2.05) is 93.6 Å². The van der Waals surface area contributed by atoms with Gasteiger partial charge in [-0.25, -0.2) is 14.2 Å². The van der Waals surface area contributed by atoms with Crippen LogP contribution in [0.4, 0.5) is 21.5 Å². The molecule has 5 aromatic rings. The first-order valence-corrected chi connectivity index (χ1v) is 22.4. The fourth-order valence-electron chi connectivity index (χ4n) is 7.74. The van der Waals surface area contributed by atoms with E-state index in [0.29, 0.717) is 43.3 Å². The molecule has 0 saturated carbocycles. The predicted octanol–water partition coefficient (Wildman–Crippen LogP) is 7.47. The molecule has 3 N–H and O–H groups in total. The smallest absolute Gasteiger partial charge is 0.253 e. The van der Waals surface area contributed by atoms with Crippen molar-refractivity contribution >= 4 is 69.6 Å². The molecule has 2 saturated heterocycles. The Kier molecular flexibility index (Phi) is 15.3. The molecule has 0 radical (unpaired) electrons. The summed E-state index contributed by atoms with van der Waals surface area (Å²) >= 11 is 11.7. The highest BCUT2D eigenvalue weighted by Crippen LogP contribution is 2.36. The number of nitrogens with zero attached hydrogens (tertiary/aromatic N) is 5. The Bertz CT molecular complexity index is 2640. The molecule has 18 heteroatoms. The molecular weight excluding hydrogens is 901 g/mol. The summed E-state index contributed by atoms with van der Waals surface area (Å²) in [7, 11) is 0. The van der Waals surface area contributed by atoms with Crippen LogP contribution in [0.3, 0.4) is 0 Å². The van der Waals surface area contributed by atoms with Gasteiger partial charge < -0.3 is 39.4 Å². The molecule has 0 spiro atoms. The number of hydrogen-bond acceptors (Lipinski definition) is 10. The number of aromatic nitrogens is 1. The van der Waals surface area contributed by atoms with Crippen molar-refractivity contribution in [2.45, 2.75) is 64.8 Å². The van der Waals surface area contributed by atoms with Gasteiger partial charge in [0.05, 0.1) is 31.2 Å². The summed E-state index contributed by atoms with van der Waals surface area (Å²) in [5.41, 5.74) is 3.30. The van der Waals surface area contributed by atoms with Crippen molar-refractivity contribution in [2.24, 2.45) is 5.41 Å². The summed E-state index contributed by atoms with van der Waals surface area (Å²) in [5.74, 6) is -1.23. The van der Waals surface area contributed by atoms with Crippen molar-refractivity contribution in [3.8, 4) is 28.2 Å². The van der Waals surface area contributed by atoms with Crippen LogP contribution < -0.4 is 25.2 Å². The second-order valence-corrected chi connectivity index (χ2v) is 18.0. The van der Waals surface area contributed by atoms with Gasteiger partial charge in [-0.05, 0) is 83.6 Å². The molecule has 0 unspecified atom stereocenters. The number of hydrogen-bond donors (Lipinski definition) is 3. The number of carbonyl (C=O) groups is 4. The molecule has 4 aromatic carbocycles. The Morgan fingerprint density at radius 2 is 1.69 bits per heavy atom. The van der Waals surface area contributed by atoms with Crippen LogP contribution >= 0.6 is 23.8 Å². The van der Waals surface area contributed by atoms with Crippen molar-refractivity contribution in [3.63, 3.8) is 0 Å². The lowest BCUT2D eigenvalue weighted by molar-refractivity contribution is -0.144. The number of aliphatic hydroxyl groups is 1. The van der Waals surface area contributed by atoms with Gasteiger partial charge in [0.2, 0.25) is 23.4 Å². The van der Waals surface area contributed by atoms with Gasteiger partial charge in [-0.3, -0.25) is 24.1 Å². The van der Waals surface area contributed by atoms with Gasteiger partial charge in [0.15, 0.2) is 17.3 Å². The fraction of sp³-hybridized carbons (Fsp3) is 0.327. The first-order chi connectivity index (χ1) is 32.1. The number of amides is 4. The number of rotatable bonds is 17. The maximum Gasteiger partial charge on any atom is 0.253 e. The Morgan fingerprint density at radius 3 is 2.34 bits per heavy atom. The number of unbranched alkanes of at least 4 members (excludes halogenated alkanes) is 1. The predicted molar refractivity (Wildman–Crippen MR) is 254 cm³/mol. The monoisotopic (exact) mass is 949 g/mol. The molecule has 3 heterocycles. The topological polar surface area (TPSA) is 171 Å². The molecule has 67 heavy (non-hydrogen) atoms. The van der Waals surface area contributed by atoms with Crippen LogP contribution in [0.5, 0.6) is 5.75 Å². The van der Waals surface area contributed by atoms with Crippen molar-refractivity contribution in [2.75, 3.05) is 42.7 Å². The van der Waals surface area contributed by atoms with E-state index in [0.717, 1.165) is 33.2 Å². The number of anilines is 2. The Labute approximate surface area is 397 Å². The van der Waals surface area contributed by atoms with Crippen molar-refractivity contribution in [3.05, 3.63) is 125 Å². The first kappa shape index (κ1) is 48.2. The summed E-state index contributed by atoms with van der Waals surface area (Å²) < 4.78 is 31.8. The Morgan fingerprint density at radius 1 is 1.01 bits per heavy atom. The molecule has 348 valence electrons. The number of halogens is 2. The molecule has 2 aliphatic rings. The number of ether oxygens (including phenoxy) is 2. The number of likely N-dealkylation sites (tertiary alicyclic amines) is 1. The Balaban J connectivity index is 0.819. The van der Waals surface area contributed by atoms with E-state index >= 15 is 0 Å². The number of nitrogens with one attached hydrogen (secondary N) is 2. The second-order valence-electron chi connectivity index (χ2n) is 17.2. The SMILES string of the molecule is [C-]#[N+]c1cc(F)c(N2C(=O)CN(c3ccc(-c4ccc(OCCCCOCC(=O)N[C@H](C(=O)N5C[C@H](O)C[C@H]5C(=O)NCc5ccc(-c6cnco6)cc5)C(C)(C)C)cc4)cc3)C2=S)cc1Cl. The number of benzene rings is 4. The Hall–Kier alpha value is -6.71. The van der Waals surface area contributed by atoms with Gasteiger partial charge >= 0.3 is 0 Å². The zero-order chi connectivity index (χ0) is 47.8. The van der Waals surface area contributed by atoms with Gasteiger partial charge in [-0.15, -0.1) is 0 Å². The van der Waals surface area contributed by atoms with E-state index in [4.69, 9.17) is 44.3 Å². The molecule has 15 nitrogen and oxygen atoms in total. The van der Waals surface area contributed by atoms with Crippen molar-refractivity contribution in [1.82, 2.24) is 20.5 Å². The van der Waals surface area contributed by atoms with Gasteiger partial charge in [0.25, 0.3) is 5.91 Å². The van der Waals surface area contributed by atoms with Gasteiger partial charge in [0, 0.05) is 42.4 Å². The van der Waals surface area contributed by atoms with Gasteiger partial charge in [-0.2, -0.15) is 0 Å². The van der Waals surface area contributed by atoms with Crippen molar-refractivity contribution in [1.29, 1.82) is 0 Å². The fourth-order valence-corrected chi connectivity index (χ4v) is 8.31. The van der Waals surface area contributed by atoms with Crippen LogP contribution in [-0.4, -0.2) is 94.8 Å². The van der Waals surface area contributed by atoms with Crippen LogP contribution in [0.15, 0.2) is 102 Å². The third kappa shape index (κ3) is 11.6. The van der Waals surface area contributed by atoms with Gasteiger partial charge in [0.1, 0.15) is 36.8 Å². The average Bonchev–Trinajstić information content (AvgIpc) is 4.07. The zero-order valence-electron chi connectivity index (χ0n) is 37.0. The summed E-state index contributed by atoms with van der Waals surface area (Å²) in [6.45, 7) is 13.2. The maximum atomic E-state index is 14.9. The number of carbonyl (C=O) groups excluding carboxylic acids is 4. The number of oxazole rings is 1. The van der Waals surface area contributed by atoms with Crippen LogP contribution in [-0.2, 0) is 30.5 Å². The zero-order valence-corrected chi connectivity index (χ0v) is 38.6. The highest BCUT2D eigenvalue weighted by molar-refractivity contribution is 7.81. The molecule has 0 bridgehead atoms. The number of β-amino-alcohol motifs (C(OH)–C–C–N with tert-alkyl or cyclic N) is 1. The lowest BCUT2D eigenvalue weighted by atomic mass is 9.85. The van der Waals surface area contributed by atoms with E-state index in [1.165, 1.54) is 17.4 Å². The standard InChI is InChI=1S/C49H49ClFN7O8S/c1-49(2,3)45(47(63)57-26-35(59)21-41(57)46(62)54-24-30-7-9-33(10-8-30)42-25-53-29-66-42)55-43(60)28-64-19-5-6-20-65-36-17-13-32(14-18-36)31-11-15-34(16-12-31)56-27-44(61)58(48(56)67)40-22-37(50)39(52-4)23-38(40)51/h7-18,22-23,25,29,35,41,45,59H,5-6,19-21,24,26-28H2,1-3H3,(H,54,62)(H,55,60)/t35-,41+,45-/m1/s1. The summed E-state index contributed by atoms with van der Waals surface area (Å²) in [4.78, 5) is 64.5. The van der Waals surface area contributed by atoms with E-state index in [2.05, 4.69) is 20.5 Å². The second kappa shape index (κ2) is 21.3. The van der Waals surface area contributed by atoms with Gasteiger partial charge in [-0.1, -0.05) is 80.9 Å². The molecule has 3 atom stereocenters. The molecular formula is C49H49ClFN7O8S. The summed E-state index contributed by atoms with van der Waals surface area (Å²) in [6, 6.07) is 22.8. The number of thiocarbonyl (C=S) groups is 1. The minimum absolute atomic E-state index is 0.0234. The van der Waals surface area contributed by atoms with Crippen LogP contribution in [0.2, 0.25) is 5.02 Å². The highest BCUT2D eigenvalue weighted by atomic mass is 35.5. The first-order valence-electron chi connectivity index (χ1n) is 21.6. The molecule has 0 aliphatic carbocycles. The quantitative estimate of drug-likeness (QED) is 0.0480. The lowest BCUT2D eigenvalue weighted by Gasteiger charge is -2.35. The number of aliphatic hydroxyl groups excluding tert-OH is 1. The molecule has 2 fully saturated rings. The molecule has 4 amide bonds. The molecule has 2 aliphatic heterocycles. The third-order valence-electron chi connectivity index (χ3n) is 11.3. The van der Waals surface area contributed by atoms with E-state index in [-0.39, 0.29) is 54.2 Å². The maximum absolute atomic E-state index is 14.9. The minimum atomic E-state index is -0.976. The molecule has 1 aromatic heterocycles. The van der Waals surface area contributed by atoms with Crippen LogP contribution in [0.1, 0.15) is 45.6 Å². The summed E-state index contributed by atoms with van der Waals surface area (Å²) in [5, 5.41) is 16.3. The summed E-state index contributed by atoms with van der Waals surface area (Å²) in [6.07, 6.45) is 3.43. The van der Waals surface area contributed by atoms with E-state index < -0.39 is 53.0 Å². The van der Waals surface area contributed by atoms with Crippen molar-refractivity contribution < 1.29 is 42.6 Å². The molecule has 7 rings (SSSR count). The highest BCUT2D eigenvalue weighted by Gasteiger charge is 2.44. The lowest BCUT2D eigenvalue weighted by Crippen LogP contribution is -2.58. The third-order valence-corrected chi connectivity index (χ3v) is 12.0.